The number of carbonyl (C=O) groups is 2. The minimum atomic E-state index is -0.840. The number of hydrogen-bond donors (Lipinski definition) is 2. The number of carboxylic acids is 1. The Hall–Kier alpha value is -1.59. The number of benzene rings is 1. The van der Waals surface area contributed by atoms with E-state index < -0.39 is 12.0 Å². The van der Waals surface area contributed by atoms with Crippen LogP contribution in [0.3, 0.4) is 0 Å². The fraction of sp³-hybridized carbons (Fsp3) is 0.467. The fourth-order valence-electron chi connectivity index (χ4n) is 2.48. The first-order valence-corrected chi connectivity index (χ1v) is 6.89. The third-order valence-electron chi connectivity index (χ3n) is 3.58. The number of nitrogens with zero attached hydrogens (tertiary/aromatic N) is 1. The maximum absolute atomic E-state index is 12.0. The van der Waals surface area contributed by atoms with Crippen molar-refractivity contribution in [3.05, 3.63) is 29.8 Å². The molecule has 1 aromatic rings. The van der Waals surface area contributed by atoms with Gasteiger partial charge in [-0.25, -0.2) is 0 Å². The van der Waals surface area contributed by atoms with Crippen LogP contribution in [0, 0.1) is 6.92 Å². The Morgan fingerprint density at radius 1 is 1.29 bits per heavy atom. The molecule has 21 heavy (non-hydrogen) atoms. The summed E-state index contributed by atoms with van der Waals surface area (Å²) in [7, 11) is 0. The number of piperidine rings is 1. The predicted octanol–water partition coefficient (Wildman–Crippen LogP) is 2.29. The molecular weight excluding hydrogens is 292 g/mol. The molecule has 1 aliphatic heterocycles. The van der Waals surface area contributed by atoms with Gasteiger partial charge in [-0.3, -0.25) is 14.5 Å². The molecule has 0 bridgehead atoms. The van der Waals surface area contributed by atoms with Gasteiger partial charge in [0, 0.05) is 5.69 Å². The molecule has 5 nitrogen and oxygen atoms in total. The number of hydrogen-bond acceptors (Lipinski definition) is 3. The molecule has 1 saturated heterocycles. The molecule has 1 fully saturated rings. The lowest BCUT2D eigenvalue weighted by molar-refractivity contribution is -0.145. The summed E-state index contributed by atoms with van der Waals surface area (Å²) in [5.41, 5.74) is 1.87. The van der Waals surface area contributed by atoms with Crippen LogP contribution in [0.5, 0.6) is 0 Å². The van der Waals surface area contributed by atoms with Gasteiger partial charge in [0.15, 0.2) is 0 Å². The maximum atomic E-state index is 12.0. The first-order valence-electron chi connectivity index (χ1n) is 6.89. The quantitative estimate of drug-likeness (QED) is 0.895. The molecule has 6 heteroatoms. The number of amides is 1. The zero-order chi connectivity index (χ0) is 14.5. The van der Waals surface area contributed by atoms with Crippen LogP contribution in [0.15, 0.2) is 24.3 Å². The second-order valence-electron chi connectivity index (χ2n) is 5.23. The molecule has 2 N–H and O–H groups in total. The van der Waals surface area contributed by atoms with Crippen LogP contribution in [0.4, 0.5) is 5.69 Å². The van der Waals surface area contributed by atoms with Gasteiger partial charge in [0.2, 0.25) is 5.91 Å². The van der Waals surface area contributed by atoms with Crippen molar-refractivity contribution in [3.63, 3.8) is 0 Å². The number of halogens is 1. The van der Waals surface area contributed by atoms with E-state index in [1.165, 1.54) is 0 Å². The van der Waals surface area contributed by atoms with Crippen molar-refractivity contribution >= 4 is 30.0 Å². The highest BCUT2D eigenvalue weighted by molar-refractivity contribution is 5.92. The molecular formula is C15H21ClN2O3. The van der Waals surface area contributed by atoms with Crippen molar-refractivity contribution in [2.75, 3.05) is 18.4 Å². The second-order valence-corrected chi connectivity index (χ2v) is 5.23. The monoisotopic (exact) mass is 312 g/mol. The van der Waals surface area contributed by atoms with E-state index in [4.69, 9.17) is 5.11 Å². The third kappa shape index (κ3) is 5.02. The van der Waals surface area contributed by atoms with Gasteiger partial charge in [-0.1, -0.05) is 24.1 Å². The Kier molecular flexibility index (Phi) is 6.65. The minimum absolute atomic E-state index is 0. The number of aryl methyl sites for hydroxylation is 1. The summed E-state index contributed by atoms with van der Waals surface area (Å²) < 4.78 is 0. The number of aliphatic carboxylic acids is 1. The van der Waals surface area contributed by atoms with Crippen LogP contribution in [-0.4, -0.2) is 41.0 Å². The maximum Gasteiger partial charge on any atom is 0.320 e. The largest absolute Gasteiger partial charge is 0.480 e. The molecule has 1 heterocycles. The van der Waals surface area contributed by atoms with Crippen molar-refractivity contribution in [1.82, 2.24) is 4.90 Å². The topological polar surface area (TPSA) is 69.6 Å². The van der Waals surface area contributed by atoms with Crippen molar-refractivity contribution in [3.8, 4) is 0 Å². The Balaban J connectivity index is 0.00000220. The second kappa shape index (κ2) is 8.00. The molecule has 0 aromatic heterocycles. The van der Waals surface area contributed by atoms with Crippen molar-refractivity contribution < 1.29 is 14.7 Å². The zero-order valence-corrected chi connectivity index (χ0v) is 12.9. The Bertz CT molecular complexity index is 490. The van der Waals surface area contributed by atoms with E-state index in [1.54, 1.807) is 4.90 Å². The van der Waals surface area contributed by atoms with Crippen molar-refractivity contribution in [2.24, 2.45) is 0 Å². The Labute approximate surface area is 130 Å². The molecule has 0 spiro atoms. The van der Waals surface area contributed by atoms with Gasteiger partial charge in [0.25, 0.3) is 0 Å². The molecule has 0 saturated carbocycles. The van der Waals surface area contributed by atoms with E-state index in [9.17, 15) is 9.59 Å². The number of likely N-dealkylation sites (tertiary alicyclic amines) is 1. The smallest absolute Gasteiger partial charge is 0.320 e. The average molecular weight is 313 g/mol. The van der Waals surface area contributed by atoms with E-state index >= 15 is 0 Å². The molecule has 1 aliphatic rings. The van der Waals surface area contributed by atoms with Crippen molar-refractivity contribution in [1.29, 1.82) is 0 Å². The summed E-state index contributed by atoms with van der Waals surface area (Å²) in [6.45, 7) is 2.78. The summed E-state index contributed by atoms with van der Waals surface area (Å²) >= 11 is 0. The van der Waals surface area contributed by atoms with Crippen LogP contribution >= 0.6 is 12.4 Å². The zero-order valence-electron chi connectivity index (χ0n) is 12.0. The lowest BCUT2D eigenvalue weighted by Crippen LogP contribution is -2.47. The SMILES string of the molecule is Cc1ccc(NC(=O)CN2CCCCC2C(=O)O)cc1.Cl. The first-order chi connectivity index (χ1) is 9.56. The number of carbonyl (C=O) groups excluding carboxylic acids is 1. The molecule has 1 atom stereocenters. The highest BCUT2D eigenvalue weighted by atomic mass is 35.5. The van der Waals surface area contributed by atoms with Crippen LogP contribution < -0.4 is 5.32 Å². The predicted molar refractivity (Wildman–Crippen MR) is 83.9 cm³/mol. The Morgan fingerprint density at radius 2 is 1.95 bits per heavy atom. The van der Waals surface area contributed by atoms with E-state index in [0.29, 0.717) is 13.0 Å². The van der Waals surface area contributed by atoms with Crippen molar-refractivity contribution in [2.45, 2.75) is 32.2 Å². The van der Waals surface area contributed by atoms with Gasteiger partial charge in [-0.2, -0.15) is 0 Å². The highest BCUT2D eigenvalue weighted by Crippen LogP contribution is 2.17. The number of carboxylic acid groups (broad SMARTS) is 1. The first kappa shape index (κ1) is 17.5. The fourth-order valence-corrected chi connectivity index (χ4v) is 2.48. The van der Waals surface area contributed by atoms with E-state index in [1.807, 2.05) is 31.2 Å². The molecule has 116 valence electrons. The number of anilines is 1. The van der Waals surface area contributed by atoms with Gasteiger partial charge in [0.1, 0.15) is 6.04 Å². The molecule has 1 unspecified atom stereocenters. The summed E-state index contributed by atoms with van der Waals surface area (Å²) in [5.74, 6) is -1.00. The van der Waals surface area contributed by atoms with E-state index in [-0.39, 0.29) is 24.9 Å². The summed E-state index contributed by atoms with van der Waals surface area (Å²) in [6, 6.07) is 7.01. The van der Waals surface area contributed by atoms with Gasteiger partial charge in [0.05, 0.1) is 6.54 Å². The van der Waals surface area contributed by atoms with Crippen LogP contribution in [0.2, 0.25) is 0 Å². The molecule has 1 amide bonds. The average Bonchev–Trinajstić information content (AvgIpc) is 2.41. The lowest BCUT2D eigenvalue weighted by Gasteiger charge is -2.32. The van der Waals surface area contributed by atoms with Crippen LogP contribution in [0.25, 0.3) is 0 Å². The minimum Gasteiger partial charge on any atom is -0.480 e. The molecule has 0 radical (unpaired) electrons. The van der Waals surface area contributed by atoms with E-state index in [0.717, 1.165) is 24.1 Å². The molecule has 0 aliphatic carbocycles. The van der Waals surface area contributed by atoms with E-state index in [2.05, 4.69) is 5.32 Å². The van der Waals surface area contributed by atoms with Crippen LogP contribution in [-0.2, 0) is 9.59 Å². The van der Waals surface area contributed by atoms with Gasteiger partial charge in [-0.05, 0) is 38.4 Å². The summed E-state index contributed by atoms with van der Waals surface area (Å²) in [5, 5.41) is 12.0. The lowest BCUT2D eigenvalue weighted by atomic mass is 10.0. The Morgan fingerprint density at radius 3 is 2.57 bits per heavy atom. The summed E-state index contributed by atoms with van der Waals surface area (Å²) in [6.07, 6.45) is 2.47. The molecule has 2 rings (SSSR count). The normalized spacial score (nSPS) is 18.6. The van der Waals surface area contributed by atoms with Gasteiger partial charge in [-0.15, -0.1) is 12.4 Å². The third-order valence-corrected chi connectivity index (χ3v) is 3.58. The standard InChI is InChI=1S/C15H20N2O3.ClH/c1-11-5-7-12(8-6-11)16-14(18)10-17-9-3-2-4-13(17)15(19)20;/h5-8,13H,2-4,9-10H2,1H3,(H,16,18)(H,19,20);1H. The summed E-state index contributed by atoms with van der Waals surface area (Å²) in [4.78, 5) is 24.9. The van der Waals surface area contributed by atoms with Gasteiger partial charge < -0.3 is 10.4 Å². The highest BCUT2D eigenvalue weighted by Gasteiger charge is 2.29. The van der Waals surface area contributed by atoms with Crippen LogP contribution in [0.1, 0.15) is 24.8 Å². The molecule has 1 aromatic carbocycles. The number of nitrogens with one attached hydrogen (secondary N) is 1. The number of rotatable bonds is 4. The van der Waals surface area contributed by atoms with Gasteiger partial charge >= 0.3 is 5.97 Å².